The van der Waals surface area contributed by atoms with Crippen LogP contribution in [0.1, 0.15) is 54.0 Å². The second-order valence-electron chi connectivity index (χ2n) is 10.2. The molecule has 3 unspecified atom stereocenters. The third-order valence-corrected chi connectivity index (χ3v) is 7.69. The summed E-state index contributed by atoms with van der Waals surface area (Å²) in [4.78, 5) is 16.9. The predicted molar refractivity (Wildman–Crippen MR) is 147 cm³/mol. The van der Waals surface area contributed by atoms with Gasteiger partial charge < -0.3 is 14.8 Å². The van der Waals surface area contributed by atoms with Crippen LogP contribution in [0.3, 0.4) is 0 Å². The van der Waals surface area contributed by atoms with Crippen molar-refractivity contribution >= 4 is 16.9 Å². The molecule has 0 spiro atoms. The fourth-order valence-electron chi connectivity index (χ4n) is 5.87. The first-order valence-corrected chi connectivity index (χ1v) is 13.0. The van der Waals surface area contributed by atoms with Gasteiger partial charge in [-0.25, -0.2) is 4.79 Å². The van der Waals surface area contributed by atoms with Gasteiger partial charge in [-0.1, -0.05) is 48.5 Å². The summed E-state index contributed by atoms with van der Waals surface area (Å²) in [5.74, 6) is -0.668. The first-order valence-electron chi connectivity index (χ1n) is 13.0. The van der Waals surface area contributed by atoms with Crippen LogP contribution in [0.5, 0.6) is 5.75 Å². The van der Waals surface area contributed by atoms with E-state index in [1.165, 1.54) is 5.56 Å². The molecule has 4 aromatic rings. The lowest BCUT2D eigenvalue weighted by Gasteiger charge is -2.47. The number of piperazine rings is 1. The van der Waals surface area contributed by atoms with Gasteiger partial charge in [0.15, 0.2) is 0 Å². The van der Waals surface area contributed by atoms with E-state index in [-0.39, 0.29) is 17.8 Å². The van der Waals surface area contributed by atoms with E-state index in [2.05, 4.69) is 72.2 Å². The minimum atomic E-state index is -0.916. The summed E-state index contributed by atoms with van der Waals surface area (Å²) in [5, 5.41) is 21.0. The van der Waals surface area contributed by atoms with Gasteiger partial charge in [0.1, 0.15) is 11.4 Å². The van der Waals surface area contributed by atoms with Crippen molar-refractivity contribution in [2.24, 2.45) is 0 Å². The van der Waals surface area contributed by atoms with Gasteiger partial charge in [-0.15, -0.1) is 0 Å². The molecule has 2 heterocycles. The molecule has 2 N–H and O–H groups in total. The van der Waals surface area contributed by atoms with Crippen LogP contribution >= 0.6 is 0 Å². The maximum Gasteiger partial charge on any atom is 0.352 e. The molecule has 1 aliphatic heterocycles. The van der Waals surface area contributed by atoms with Gasteiger partial charge in [0.05, 0.1) is 6.04 Å². The first kappa shape index (κ1) is 25.1. The van der Waals surface area contributed by atoms with Gasteiger partial charge in [-0.05, 0) is 67.8 Å². The standard InChI is InChI=1S/C31H35N3O3/c1-4-33-28-14-13-25(15-26(28)17-29(33)31(36)37)30(24-11-8-12-27(35)16-24)34-19-21(2)32(18-22(34)3)20-23-9-6-5-7-10-23/h5-17,21-22,30,35H,4,18-20H2,1-3H3,(H,36,37). The Morgan fingerprint density at radius 2 is 1.68 bits per heavy atom. The van der Waals surface area contributed by atoms with Crippen molar-refractivity contribution in [3.8, 4) is 5.75 Å². The van der Waals surface area contributed by atoms with Crippen LogP contribution in [0.15, 0.2) is 78.9 Å². The fourth-order valence-corrected chi connectivity index (χ4v) is 5.87. The summed E-state index contributed by atoms with van der Waals surface area (Å²) in [6.07, 6.45) is 0. The van der Waals surface area contributed by atoms with Crippen molar-refractivity contribution in [2.75, 3.05) is 13.1 Å². The molecule has 6 nitrogen and oxygen atoms in total. The highest BCUT2D eigenvalue weighted by molar-refractivity contribution is 5.95. The quantitative estimate of drug-likeness (QED) is 0.340. The van der Waals surface area contributed by atoms with E-state index < -0.39 is 5.97 Å². The number of fused-ring (bicyclic) bond motifs is 1. The number of aromatic nitrogens is 1. The molecule has 3 aromatic carbocycles. The van der Waals surface area contributed by atoms with Gasteiger partial charge in [0.2, 0.25) is 0 Å². The lowest BCUT2D eigenvalue weighted by molar-refractivity contribution is 0.0195. The molecule has 1 fully saturated rings. The van der Waals surface area contributed by atoms with Crippen LogP contribution < -0.4 is 0 Å². The Morgan fingerprint density at radius 3 is 2.38 bits per heavy atom. The Bertz CT molecular complexity index is 1400. The normalized spacial score (nSPS) is 19.8. The number of aromatic carboxylic acids is 1. The highest BCUT2D eigenvalue weighted by Gasteiger charge is 2.35. The molecule has 0 bridgehead atoms. The maximum absolute atomic E-state index is 11.9. The molecule has 37 heavy (non-hydrogen) atoms. The summed E-state index contributed by atoms with van der Waals surface area (Å²) in [7, 11) is 0. The number of phenols is 1. The summed E-state index contributed by atoms with van der Waals surface area (Å²) in [6.45, 7) is 9.85. The SMILES string of the molecule is CCn1c(C(=O)O)cc2cc(C(c3cccc(O)c3)N3CC(C)N(Cc4ccccc4)CC3C)ccc21. The molecule has 0 amide bonds. The number of rotatable bonds is 7. The number of carboxylic acid groups (broad SMARTS) is 1. The smallest absolute Gasteiger partial charge is 0.352 e. The fraction of sp³-hybridized carbons (Fsp3) is 0.323. The number of carboxylic acids is 1. The molecule has 192 valence electrons. The van der Waals surface area contributed by atoms with E-state index in [0.717, 1.165) is 41.7 Å². The minimum Gasteiger partial charge on any atom is -0.508 e. The number of carbonyl (C=O) groups is 1. The Hall–Kier alpha value is -3.61. The second-order valence-corrected chi connectivity index (χ2v) is 10.2. The third-order valence-electron chi connectivity index (χ3n) is 7.69. The van der Waals surface area contributed by atoms with Crippen molar-refractivity contribution in [2.45, 2.75) is 52.0 Å². The second kappa shape index (κ2) is 10.4. The van der Waals surface area contributed by atoms with Crippen LogP contribution in [0.4, 0.5) is 0 Å². The number of nitrogens with zero attached hydrogens (tertiary/aromatic N) is 3. The number of phenolic OH excluding ortho intramolecular Hbond substituents is 1. The largest absolute Gasteiger partial charge is 0.508 e. The van der Waals surface area contributed by atoms with Crippen molar-refractivity contribution < 1.29 is 15.0 Å². The monoisotopic (exact) mass is 497 g/mol. The Morgan fingerprint density at radius 1 is 0.919 bits per heavy atom. The van der Waals surface area contributed by atoms with Crippen LogP contribution in [-0.4, -0.2) is 55.7 Å². The van der Waals surface area contributed by atoms with E-state index in [9.17, 15) is 15.0 Å². The molecule has 0 aliphatic carbocycles. The number of benzene rings is 3. The summed E-state index contributed by atoms with van der Waals surface area (Å²) < 4.78 is 1.85. The van der Waals surface area contributed by atoms with Gasteiger partial charge in [-0.3, -0.25) is 9.80 Å². The lowest BCUT2D eigenvalue weighted by Crippen LogP contribution is -2.56. The molecular weight excluding hydrogens is 462 g/mol. The molecule has 0 saturated carbocycles. The Balaban J connectivity index is 1.52. The van der Waals surface area contributed by atoms with Gasteiger partial charge in [-0.2, -0.15) is 0 Å². The van der Waals surface area contributed by atoms with Crippen molar-refractivity contribution in [3.05, 3.63) is 101 Å². The third kappa shape index (κ3) is 4.99. The molecular formula is C31H35N3O3. The van der Waals surface area contributed by atoms with E-state index >= 15 is 0 Å². The van der Waals surface area contributed by atoms with Crippen LogP contribution in [0.25, 0.3) is 10.9 Å². The summed E-state index contributed by atoms with van der Waals surface area (Å²) in [6, 6.07) is 26.7. The van der Waals surface area contributed by atoms with Gasteiger partial charge >= 0.3 is 5.97 Å². The number of hydrogen-bond acceptors (Lipinski definition) is 4. The van der Waals surface area contributed by atoms with Gasteiger partial charge in [0.25, 0.3) is 0 Å². The van der Waals surface area contributed by atoms with Crippen LogP contribution in [0, 0.1) is 0 Å². The topological polar surface area (TPSA) is 68.9 Å². The van der Waals surface area contributed by atoms with E-state index in [1.54, 1.807) is 12.1 Å². The molecule has 1 aromatic heterocycles. The average Bonchev–Trinajstić information content (AvgIpc) is 3.26. The van der Waals surface area contributed by atoms with E-state index in [1.807, 2.05) is 29.7 Å². The zero-order valence-electron chi connectivity index (χ0n) is 21.7. The highest BCUT2D eigenvalue weighted by Crippen LogP contribution is 2.36. The first-order chi connectivity index (χ1) is 17.9. The highest BCUT2D eigenvalue weighted by atomic mass is 16.4. The summed E-state index contributed by atoms with van der Waals surface area (Å²) in [5.41, 5.74) is 4.68. The molecule has 1 saturated heterocycles. The molecule has 3 atom stereocenters. The minimum absolute atomic E-state index is 0.0638. The Kier molecular flexibility index (Phi) is 7.04. The van der Waals surface area contributed by atoms with Crippen molar-refractivity contribution in [3.63, 3.8) is 0 Å². The molecule has 5 rings (SSSR count). The zero-order chi connectivity index (χ0) is 26.1. The van der Waals surface area contributed by atoms with Crippen molar-refractivity contribution in [1.29, 1.82) is 0 Å². The molecule has 1 aliphatic rings. The van der Waals surface area contributed by atoms with E-state index in [0.29, 0.717) is 18.3 Å². The number of hydrogen-bond donors (Lipinski definition) is 2. The van der Waals surface area contributed by atoms with Crippen LogP contribution in [-0.2, 0) is 13.1 Å². The van der Waals surface area contributed by atoms with Crippen LogP contribution in [0.2, 0.25) is 0 Å². The van der Waals surface area contributed by atoms with Gasteiger partial charge in [0, 0.05) is 49.2 Å². The number of aromatic hydroxyl groups is 1. The Labute approximate surface area is 218 Å². The van der Waals surface area contributed by atoms with E-state index in [4.69, 9.17) is 0 Å². The maximum atomic E-state index is 11.9. The number of aryl methyl sites for hydroxylation is 1. The summed E-state index contributed by atoms with van der Waals surface area (Å²) >= 11 is 0. The molecule has 6 heteroatoms. The molecule has 0 radical (unpaired) electrons. The zero-order valence-corrected chi connectivity index (χ0v) is 21.7. The van der Waals surface area contributed by atoms with Crippen molar-refractivity contribution in [1.82, 2.24) is 14.4 Å². The predicted octanol–water partition coefficient (Wildman–Crippen LogP) is 5.75. The lowest BCUT2D eigenvalue weighted by atomic mass is 9.92. The average molecular weight is 498 g/mol.